The number of rotatable bonds is 9. The highest BCUT2D eigenvalue weighted by Gasteiger charge is 2.43. The highest BCUT2D eigenvalue weighted by atomic mass is 16.3. The molecule has 1 aromatic rings. The van der Waals surface area contributed by atoms with Gasteiger partial charge in [-0.05, 0) is 63.0 Å². The summed E-state index contributed by atoms with van der Waals surface area (Å²) >= 11 is 0. The van der Waals surface area contributed by atoms with Crippen molar-refractivity contribution in [3.63, 3.8) is 0 Å². The van der Waals surface area contributed by atoms with Crippen LogP contribution in [0.5, 0.6) is 0 Å². The van der Waals surface area contributed by atoms with Gasteiger partial charge < -0.3 is 15.3 Å². The van der Waals surface area contributed by atoms with Gasteiger partial charge in [0, 0.05) is 20.0 Å². The van der Waals surface area contributed by atoms with Crippen LogP contribution in [0, 0.1) is 24.7 Å². The van der Waals surface area contributed by atoms with Crippen molar-refractivity contribution >= 4 is 5.91 Å². The fraction of sp³-hybridized carbons (Fsp3) is 0.560. The molecule has 0 aliphatic heterocycles. The van der Waals surface area contributed by atoms with Gasteiger partial charge in [0.1, 0.15) is 0 Å². The lowest BCUT2D eigenvalue weighted by Crippen LogP contribution is -2.33. The molecule has 1 aromatic carbocycles. The Bertz CT molecular complexity index is 753. The predicted molar refractivity (Wildman–Crippen MR) is 119 cm³/mol. The minimum atomic E-state index is -0.214. The molecule has 3 rings (SSSR count). The Labute approximate surface area is 175 Å². The first-order valence-corrected chi connectivity index (χ1v) is 10.9. The van der Waals surface area contributed by atoms with Gasteiger partial charge in [-0.2, -0.15) is 0 Å². The molecular weight excluding hydrogens is 360 g/mol. The Kier molecular flexibility index (Phi) is 7.68. The summed E-state index contributed by atoms with van der Waals surface area (Å²) in [6, 6.07) is 8.70. The van der Waals surface area contributed by atoms with Gasteiger partial charge in [0.2, 0.25) is 5.91 Å². The SMILES string of the molecule is Cc1cccc(CC/C=C/[C@@H]2[C@H]3CC(CCNCC(=O)N(C)C)=C[C@H]3C[C@H]2O)c1. The quantitative estimate of drug-likeness (QED) is 0.496. The van der Waals surface area contributed by atoms with E-state index < -0.39 is 0 Å². The Hall–Kier alpha value is -1.91. The van der Waals surface area contributed by atoms with Gasteiger partial charge >= 0.3 is 0 Å². The number of hydrogen-bond acceptors (Lipinski definition) is 3. The van der Waals surface area contributed by atoms with E-state index in [1.54, 1.807) is 19.0 Å². The summed E-state index contributed by atoms with van der Waals surface area (Å²) in [6.45, 7) is 3.37. The second kappa shape index (κ2) is 10.2. The summed E-state index contributed by atoms with van der Waals surface area (Å²) in [6.07, 6.45) is 11.8. The molecular formula is C25H36N2O2. The minimum absolute atomic E-state index is 0.112. The van der Waals surface area contributed by atoms with E-state index in [9.17, 15) is 9.90 Å². The third-order valence-electron chi connectivity index (χ3n) is 6.39. The fourth-order valence-electron chi connectivity index (χ4n) is 4.76. The Morgan fingerprint density at radius 3 is 2.90 bits per heavy atom. The number of aliphatic hydroxyl groups is 1. The lowest BCUT2D eigenvalue weighted by molar-refractivity contribution is -0.127. The number of amides is 1. The lowest BCUT2D eigenvalue weighted by Gasteiger charge is -2.18. The van der Waals surface area contributed by atoms with E-state index in [2.05, 4.69) is 54.7 Å². The second-order valence-corrected chi connectivity index (χ2v) is 8.91. The molecule has 2 aliphatic rings. The van der Waals surface area contributed by atoms with Gasteiger partial charge in [-0.1, -0.05) is 53.6 Å². The monoisotopic (exact) mass is 396 g/mol. The highest BCUT2D eigenvalue weighted by molar-refractivity contribution is 5.77. The van der Waals surface area contributed by atoms with Crippen LogP contribution in [0.1, 0.15) is 36.8 Å². The number of benzene rings is 1. The van der Waals surface area contributed by atoms with Crippen molar-refractivity contribution in [3.05, 3.63) is 59.2 Å². The van der Waals surface area contributed by atoms with Crippen LogP contribution in [0.25, 0.3) is 0 Å². The fourth-order valence-corrected chi connectivity index (χ4v) is 4.76. The van der Waals surface area contributed by atoms with E-state index in [1.807, 2.05) is 0 Å². The average Bonchev–Trinajstić information content (AvgIpc) is 3.19. The molecule has 0 bridgehead atoms. The number of carbonyl (C=O) groups is 1. The maximum atomic E-state index is 11.6. The molecule has 0 aromatic heterocycles. The predicted octanol–water partition coefficient (Wildman–Crippen LogP) is 3.50. The minimum Gasteiger partial charge on any atom is -0.392 e. The van der Waals surface area contributed by atoms with Crippen molar-refractivity contribution in [1.29, 1.82) is 0 Å². The largest absolute Gasteiger partial charge is 0.392 e. The molecule has 158 valence electrons. The maximum Gasteiger partial charge on any atom is 0.236 e. The molecule has 4 heteroatoms. The lowest BCUT2D eigenvalue weighted by atomic mass is 9.89. The van der Waals surface area contributed by atoms with E-state index >= 15 is 0 Å². The van der Waals surface area contributed by atoms with Gasteiger partial charge in [0.05, 0.1) is 12.6 Å². The van der Waals surface area contributed by atoms with E-state index in [0.717, 1.165) is 38.6 Å². The van der Waals surface area contributed by atoms with Gasteiger partial charge in [-0.15, -0.1) is 0 Å². The number of fused-ring (bicyclic) bond motifs is 1. The number of aliphatic hydroxyl groups excluding tert-OH is 1. The molecule has 0 unspecified atom stereocenters. The van der Waals surface area contributed by atoms with Gasteiger partial charge in [-0.3, -0.25) is 4.79 Å². The first-order valence-electron chi connectivity index (χ1n) is 10.9. The molecule has 4 nitrogen and oxygen atoms in total. The van der Waals surface area contributed by atoms with Gasteiger partial charge in [0.25, 0.3) is 0 Å². The van der Waals surface area contributed by atoms with Crippen LogP contribution in [0.3, 0.4) is 0 Å². The van der Waals surface area contributed by atoms with Crippen molar-refractivity contribution in [2.24, 2.45) is 17.8 Å². The molecule has 1 amide bonds. The zero-order chi connectivity index (χ0) is 20.8. The number of hydrogen-bond donors (Lipinski definition) is 2. The van der Waals surface area contributed by atoms with Crippen LogP contribution < -0.4 is 5.32 Å². The summed E-state index contributed by atoms with van der Waals surface area (Å²) in [7, 11) is 3.56. The van der Waals surface area contributed by atoms with Gasteiger partial charge in [0.15, 0.2) is 0 Å². The van der Waals surface area contributed by atoms with Crippen molar-refractivity contribution in [1.82, 2.24) is 10.2 Å². The third-order valence-corrected chi connectivity index (χ3v) is 6.39. The first-order chi connectivity index (χ1) is 13.9. The molecule has 0 saturated heterocycles. The highest BCUT2D eigenvalue weighted by Crippen LogP contribution is 2.47. The van der Waals surface area contributed by atoms with Crippen LogP contribution >= 0.6 is 0 Å². The second-order valence-electron chi connectivity index (χ2n) is 8.91. The standard InChI is InChI=1S/C25H36N2O2/c1-18-7-6-9-19(13-18)8-4-5-10-22-23-15-20(14-21(23)16-24(22)28)11-12-26-17-25(29)27(2)3/h5-7,9-10,13-14,21-24,26,28H,4,8,11-12,15-17H2,1-3H3/b10-5+/t21-,22+,23-,24+/m0/s1. The van der Waals surface area contributed by atoms with Crippen LogP contribution in [-0.4, -0.2) is 49.2 Å². The molecule has 0 heterocycles. The van der Waals surface area contributed by atoms with E-state index in [-0.39, 0.29) is 17.9 Å². The number of nitrogens with one attached hydrogen (secondary N) is 1. The summed E-state index contributed by atoms with van der Waals surface area (Å²) < 4.78 is 0. The summed E-state index contributed by atoms with van der Waals surface area (Å²) in [5, 5.41) is 13.8. The van der Waals surface area contributed by atoms with E-state index in [4.69, 9.17) is 0 Å². The number of carbonyl (C=O) groups excluding carboxylic acids is 1. The van der Waals surface area contributed by atoms with Crippen molar-refractivity contribution < 1.29 is 9.90 Å². The number of nitrogens with zero attached hydrogens (tertiary/aromatic N) is 1. The first kappa shape index (κ1) is 21.8. The average molecular weight is 397 g/mol. The molecule has 1 fully saturated rings. The smallest absolute Gasteiger partial charge is 0.236 e. The number of likely N-dealkylation sites (N-methyl/N-ethyl adjacent to an activating group) is 1. The number of aryl methyl sites for hydroxylation is 2. The molecule has 2 aliphatic carbocycles. The molecule has 0 spiro atoms. The summed E-state index contributed by atoms with van der Waals surface area (Å²) in [4.78, 5) is 13.2. The Morgan fingerprint density at radius 1 is 1.31 bits per heavy atom. The Morgan fingerprint density at radius 2 is 2.14 bits per heavy atom. The third kappa shape index (κ3) is 6.03. The topological polar surface area (TPSA) is 52.6 Å². The van der Waals surface area contributed by atoms with Crippen LogP contribution in [0.4, 0.5) is 0 Å². The summed E-state index contributed by atoms with van der Waals surface area (Å²) in [5.74, 6) is 1.43. The van der Waals surface area contributed by atoms with Crippen molar-refractivity contribution in [2.45, 2.75) is 45.1 Å². The zero-order valence-corrected chi connectivity index (χ0v) is 18.1. The van der Waals surface area contributed by atoms with E-state index in [0.29, 0.717) is 18.4 Å². The summed E-state index contributed by atoms with van der Waals surface area (Å²) in [5.41, 5.74) is 4.17. The number of allylic oxidation sites excluding steroid dienone is 2. The molecule has 1 saturated carbocycles. The van der Waals surface area contributed by atoms with Crippen molar-refractivity contribution in [2.75, 3.05) is 27.2 Å². The normalized spacial score (nSPS) is 26.0. The molecule has 29 heavy (non-hydrogen) atoms. The van der Waals surface area contributed by atoms with Gasteiger partial charge in [-0.25, -0.2) is 0 Å². The van der Waals surface area contributed by atoms with Crippen LogP contribution in [-0.2, 0) is 11.2 Å². The van der Waals surface area contributed by atoms with Crippen LogP contribution in [0.2, 0.25) is 0 Å². The Balaban J connectivity index is 1.43. The molecule has 2 N–H and O–H groups in total. The maximum absolute atomic E-state index is 11.6. The van der Waals surface area contributed by atoms with Crippen LogP contribution in [0.15, 0.2) is 48.1 Å². The zero-order valence-electron chi connectivity index (χ0n) is 18.1. The molecule has 0 radical (unpaired) electrons. The van der Waals surface area contributed by atoms with E-state index in [1.165, 1.54) is 16.7 Å². The molecule has 4 atom stereocenters. The van der Waals surface area contributed by atoms with Crippen molar-refractivity contribution in [3.8, 4) is 0 Å².